The van der Waals surface area contributed by atoms with Crippen LogP contribution in [0.25, 0.3) is 0 Å². The van der Waals surface area contributed by atoms with Crippen molar-refractivity contribution in [2.45, 2.75) is 39.4 Å². The number of amides is 1. The van der Waals surface area contributed by atoms with Crippen LogP contribution in [0.15, 0.2) is 24.3 Å². The van der Waals surface area contributed by atoms with E-state index in [1.165, 1.54) is 6.07 Å². The Morgan fingerprint density at radius 3 is 2.50 bits per heavy atom. The maximum absolute atomic E-state index is 13.2. The number of rotatable bonds is 6. The van der Waals surface area contributed by atoms with Gasteiger partial charge in [0.2, 0.25) is 5.91 Å². The summed E-state index contributed by atoms with van der Waals surface area (Å²) in [4.78, 5) is 16.9. The number of halogens is 3. The fourth-order valence-electron chi connectivity index (χ4n) is 3.53. The summed E-state index contributed by atoms with van der Waals surface area (Å²) in [5.41, 5.74) is 5.35. The van der Waals surface area contributed by atoms with Crippen molar-refractivity contribution in [2.24, 2.45) is 11.1 Å². The van der Waals surface area contributed by atoms with Crippen LogP contribution in [-0.2, 0) is 11.0 Å². The minimum Gasteiger partial charge on any atom is -0.340 e. The molecule has 0 bridgehead atoms. The zero-order chi connectivity index (χ0) is 19.5. The van der Waals surface area contributed by atoms with Crippen molar-refractivity contribution in [3.8, 4) is 0 Å². The normalized spacial score (nSPS) is 22.1. The lowest BCUT2D eigenvalue weighted by atomic mass is 9.90. The number of hydrogen-bond acceptors (Lipinski definition) is 3. The molecule has 1 heterocycles. The highest BCUT2D eigenvalue weighted by molar-refractivity contribution is 5.83. The first-order valence-electron chi connectivity index (χ1n) is 9.05. The summed E-state index contributed by atoms with van der Waals surface area (Å²) in [5, 5.41) is 0. The Labute approximate surface area is 153 Å². The third-order valence-corrected chi connectivity index (χ3v) is 5.30. The maximum Gasteiger partial charge on any atom is 0.416 e. The van der Waals surface area contributed by atoms with Crippen LogP contribution >= 0.6 is 0 Å². The smallest absolute Gasteiger partial charge is 0.340 e. The van der Waals surface area contributed by atoms with Gasteiger partial charge in [0.1, 0.15) is 6.04 Å². The van der Waals surface area contributed by atoms with Gasteiger partial charge in [-0.1, -0.05) is 32.9 Å². The van der Waals surface area contributed by atoms with E-state index in [2.05, 4.69) is 0 Å². The molecule has 1 saturated heterocycles. The quantitative estimate of drug-likeness (QED) is 0.835. The van der Waals surface area contributed by atoms with E-state index in [0.29, 0.717) is 38.3 Å². The van der Waals surface area contributed by atoms with Gasteiger partial charge in [-0.05, 0) is 49.2 Å². The van der Waals surface area contributed by atoms with Crippen molar-refractivity contribution in [2.75, 3.05) is 32.7 Å². The molecule has 0 radical (unpaired) electrons. The van der Waals surface area contributed by atoms with E-state index < -0.39 is 17.8 Å². The molecule has 1 aromatic rings. The summed E-state index contributed by atoms with van der Waals surface area (Å²) < 4.78 is 39.4. The molecule has 1 aliphatic heterocycles. The second kappa shape index (κ2) is 7.96. The zero-order valence-electron chi connectivity index (χ0n) is 15.6. The van der Waals surface area contributed by atoms with Crippen molar-refractivity contribution >= 4 is 5.91 Å². The zero-order valence-corrected chi connectivity index (χ0v) is 15.6. The van der Waals surface area contributed by atoms with Crippen LogP contribution < -0.4 is 5.73 Å². The van der Waals surface area contributed by atoms with E-state index in [4.69, 9.17) is 5.73 Å². The predicted octanol–water partition coefficient (Wildman–Crippen LogP) is 3.29. The third-order valence-electron chi connectivity index (χ3n) is 5.30. The summed E-state index contributed by atoms with van der Waals surface area (Å²) >= 11 is 0. The molecule has 0 aliphatic carbocycles. The first-order chi connectivity index (χ1) is 12.1. The molecule has 0 spiro atoms. The van der Waals surface area contributed by atoms with Crippen LogP contribution in [-0.4, -0.2) is 48.4 Å². The van der Waals surface area contributed by atoms with Crippen molar-refractivity contribution in [3.63, 3.8) is 0 Å². The Morgan fingerprint density at radius 2 is 2.00 bits per heavy atom. The predicted molar refractivity (Wildman–Crippen MR) is 95.5 cm³/mol. The molecular weight excluding hydrogens is 343 g/mol. The summed E-state index contributed by atoms with van der Waals surface area (Å²) in [6, 6.07) is 4.39. The van der Waals surface area contributed by atoms with Gasteiger partial charge in [-0.3, -0.25) is 9.69 Å². The van der Waals surface area contributed by atoms with Crippen molar-refractivity contribution < 1.29 is 18.0 Å². The number of likely N-dealkylation sites (N-methyl/N-ethyl adjacent to an activating group) is 1. The molecule has 2 atom stereocenters. The fourth-order valence-corrected chi connectivity index (χ4v) is 3.53. The van der Waals surface area contributed by atoms with Gasteiger partial charge in [0.05, 0.1) is 5.56 Å². The fraction of sp³-hybridized carbons (Fsp3) is 0.632. The highest BCUT2D eigenvalue weighted by Gasteiger charge is 2.39. The third kappa shape index (κ3) is 4.38. The highest BCUT2D eigenvalue weighted by Crippen LogP contribution is 2.35. The van der Waals surface area contributed by atoms with Gasteiger partial charge >= 0.3 is 6.18 Å². The molecular formula is C19H28F3N3O. The molecule has 0 saturated carbocycles. The van der Waals surface area contributed by atoms with Gasteiger partial charge in [0.25, 0.3) is 0 Å². The van der Waals surface area contributed by atoms with Gasteiger partial charge in [-0.2, -0.15) is 13.2 Å². The van der Waals surface area contributed by atoms with Gasteiger partial charge in [0, 0.05) is 13.1 Å². The first-order valence-corrected chi connectivity index (χ1v) is 9.05. The van der Waals surface area contributed by atoms with Crippen LogP contribution in [0.1, 0.15) is 44.4 Å². The molecule has 2 N–H and O–H groups in total. The minimum atomic E-state index is -4.43. The molecule has 1 amide bonds. The van der Waals surface area contributed by atoms with Crippen LogP contribution in [0.5, 0.6) is 0 Å². The standard InChI is InChI=1S/C19H28F3N3O/c1-4-24(5-2)16(14-7-6-8-15(11-14)19(20,21)22)17(26)25-10-9-18(3,12-23)13-25/h6-8,11,16H,4-5,9-10,12-13,23H2,1-3H3. The second-order valence-electron chi connectivity index (χ2n) is 7.27. The van der Waals surface area contributed by atoms with E-state index in [9.17, 15) is 18.0 Å². The number of alkyl halides is 3. The highest BCUT2D eigenvalue weighted by atomic mass is 19.4. The maximum atomic E-state index is 13.2. The van der Waals surface area contributed by atoms with Crippen molar-refractivity contribution in [3.05, 3.63) is 35.4 Å². The monoisotopic (exact) mass is 371 g/mol. The van der Waals surface area contributed by atoms with E-state index in [1.807, 2.05) is 25.7 Å². The lowest BCUT2D eigenvalue weighted by Gasteiger charge is -2.33. The minimum absolute atomic E-state index is 0.128. The SMILES string of the molecule is CCN(CC)C(C(=O)N1CCC(C)(CN)C1)c1cccc(C(F)(F)F)c1. The average Bonchev–Trinajstić information content (AvgIpc) is 3.01. The van der Waals surface area contributed by atoms with Crippen LogP contribution in [0.2, 0.25) is 0 Å². The Bertz CT molecular complexity index is 631. The van der Waals surface area contributed by atoms with Crippen molar-refractivity contribution in [1.82, 2.24) is 9.80 Å². The molecule has 0 aromatic heterocycles. The van der Waals surface area contributed by atoms with E-state index in [-0.39, 0.29) is 11.3 Å². The summed E-state index contributed by atoms with van der Waals surface area (Å²) in [6.45, 7) is 8.61. The van der Waals surface area contributed by atoms with Gasteiger partial charge in [-0.15, -0.1) is 0 Å². The van der Waals surface area contributed by atoms with Gasteiger partial charge < -0.3 is 10.6 Å². The molecule has 2 rings (SSSR count). The molecule has 7 heteroatoms. The van der Waals surface area contributed by atoms with E-state index >= 15 is 0 Å². The second-order valence-corrected chi connectivity index (χ2v) is 7.27. The van der Waals surface area contributed by atoms with Gasteiger partial charge in [-0.25, -0.2) is 0 Å². The summed E-state index contributed by atoms with van der Waals surface area (Å²) in [7, 11) is 0. The Morgan fingerprint density at radius 1 is 1.35 bits per heavy atom. The van der Waals surface area contributed by atoms with Crippen molar-refractivity contribution in [1.29, 1.82) is 0 Å². The summed E-state index contributed by atoms with van der Waals surface area (Å²) in [6.07, 6.45) is -3.62. The van der Waals surface area contributed by atoms with E-state index in [0.717, 1.165) is 18.6 Å². The van der Waals surface area contributed by atoms with Crippen LogP contribution in [0.4, 0.5) is 13.2 Å². The lowest BCUT2D eigenvalue weighted by Crippen LogP contribution is -2.43. The molecule has 4 nitrogen and oxygen atoms in total. The number of likely N-dealkylation sites (tertiary alicyclic amines) is 1. The molecule has 26 heavy (non-hydrogen) atoms. The Balaban J connectivity index is 2.37. The summed E-state index contributed by atoms with van der Waals surface area (Å²) in [5.74, 6) is -0.148. The van der Waals surface area contributed by atoms with Crippen LogP contribution in [0, 0.1) is 5.41 Å². The largest absolute Gasteiger partial charge is 0.416 e. The lowest BCUT2D eigenvalue weighted by molar-refractivity contribution is -0.139. The first kappa shape index (κ1) is 20.7. The number of carbonyl (C=O) groups excluding carboxylic acids is 1. The average molecular weight is 371 g/mol. The molecule has 1 aromatic carbocycles. The van der Waals surface area contributed by atoms with Gasteiger partial charge in [0.15, 0.2) is 0 Å². The van der Waals surface area contributed by atoms with Crippen LogP contribution in [0.3, 0.4) is 0 Å². The number of hydrogen-bond donors (Lipinski definition) is 1. The molecule has 146 valence electrons. The van der Waals surface area contributed by atoms with E-state index in [1.54, 1.807) is 11.0 Å². The number of carbonyl (C=O) groups is 1. The molecule has 1 aliphatic rings. The molecule has 2 unspecified atom stereocenters. The Hall–Kier alpha value is -1.60. The Kier molecular flexibility index (Phi) is 6.34. The number of benzene rings is 1. The topological polar surface area (TPSA) is 49.6 Å². The number of nitrogens with zero attached hydrogens (tertiary/aromatic N) is 2. The number of nitrogens with two attached hydrogens (primary N) is 1. The molecule has 1 fully saturated rings.